The molecule has 0 radical (unpaired) electrons. The Bertz CT molecular complexity index is 882. The number of aryl methyl sites for hydroxylation is 1. The molecule has 0 aliphatic heterocycles. The van der Waals surface area contributed by atoms with Gasteiger partial charge in [0.25, 0.3) is 5.56 Å². The number of rotatable bonds is 3. The summed E-state index contributed by atoms with van der Waals surface area (Å²) in [5.41, 5.74) is 1.44. The third-order valence-electron chi connectivity index (χ3n) is 3.71. The van der Waals surface area contributed by atoms with Crippen molar-refractivity contribution < 1.29 is 9.84 Å². The van der Waals surface area contributed by atoms with Crippen molar-refractivity contribution in [2.45, 2.75) is 6.92 Å². The highest BCUT2D eigenvalue weighted by atomic mass is 16.5. The minimum absolute atomic E-state index is 0.00680. The lowest BCUT2D eigenvalue weighted by Gasteiger charge is -2.13. The van der Waals surface area contributed by atoms with Crippen molar-refractivity contribution >= 4 is 10.9 Å². The van der Waals surface area contributed by atoms with E-state index >= 15 is 0 Å². The molecule has 3 aromatic rings. The Hall–Kier alpha value is -2.75. The molecule has 1 N–H and O–H groups in total. The van der Waals surface area contributed by atoms with Crippen LogP contribution in [0, 0.1) is 0 Å². The molecule has 3 rings (SSSR count). The molecular formula is C18H17NO3. The Labute approximate surface area is 128 Å². The number of hydrogen-bond donors (Lipinski definition) is 1. The van der Waals surface area contributed by atoms with Crippen LogP contribution in [0.5, 0.6) is 11.5 Å². The Morgan fingerprint density at radius 2 is 1.86 bits per heavy atom. The van der Waals surface area contributed by atoms with Crippen LogP contribution >= 0.6 is 0 Å². The Balaban J connectivity index is 2.34. The van der Waals surface area contributed by atoms with Gasteiger partial charge in [0, 0.05) is 18.5 Å². The zero-order chi connectivity index (χ0) is 15.7. The first kappa shape index (κ1) is 14.2. The van der Waals surface area contributed by atoms with E-state index in [1.165, 1.54) is 0 Å². The Morgan fingerprint density at radius 1 is 1.14 bits per heavy atom. The van der Waals surface area contributed by atoms with Gasteiger partial charge < -0.3 is 14.4 Å². The number of fused-ring (bicyclic) bond motifs is 1. The lowest BCUT2D eigenvalue weighted by atomic mass is 10.0. The quantitative estimate of drug-likeness (QED) is 0.806. The van der Waals surface area contributed by atoms with Gasteiger partial charge in [0.2, 0.25) is 0 Å². The van der Waals surface area contributed by atoms with Gasteiger partial charge in [-0.1, -0.05) is 30.3 Å². The van der Waals surface area contributed by atoms with Crippen molar-refractivity contribution in [2.75, 3.05) is 6.61 Å². The number of nitrogens with zero attached hydrogens (tertiary/aromatic N) is 1. The van der Waals surface area contributed by atoms with Crippen molar-refractivity contribution in [3.8, 4) is 22.6 Å². The molecule has 0 aliphatic rings. The van der Waals surface area contributed by atoms with Crippen molar-refractivity contribution in [2.24, 2.45) is 7.05 Å². The van der Waals surface area contributed by atoms with Crippen LogP contribution in [-0.2, 0) is 7.05 Å². The molecule has 0 atom stereocenters. The fourth-order valence-electron chi connectivity index (χ4n) is 2.62. The topological polar surface area (TPSA) is 51.5 Å². The van der Waals surface area contributed by atoms with Crippen LogP contribution in [0.4, 0.5) is 0 Å². The molecule has 0 unspecified atom stereocenters. The largest absolute Gasteiger partial charge is 0.506 e. The molecule has 0 saturated carbocycles. The van der Waals surface area contributed by atoms with Crippen LogP contribution < -0.4 is 10.3 Å². The molecule has 0 fully saturated rings. The summed E-state index contributed by atoms with van der Waals surface area (Å²) in [6, 6.07) is 14.5. The van der Waals surface area contributed by atoms with Crippen molar-refractivity contribution in [1.29, 1.82) is 0 Å². The van der Waals surface area contributed by atoms with Crippen LogP contribution in [0.2, 0.25) is 0 Å². The number of aromatic hydroxyl groups is 1. The van der Waals surface area contributed by atoms with E-state index in [0.717, 1.165) is 0 Å². The highest BCUT2D eigenvalue weighted by Gasteiger charge is 2.16. The molecule has 0 aliphatic carbocycles. The second-order valence-electron chi connectivity index (χ2n) is 5.07. The number of ether oxygens (including phenoxy) is 1. The van der Waals surface area contributed by atoms with Crippen molar-refractivity contribution in [3.05, 3.63) is 58.9 Å². The van der Waals surface area contributed by atoms with Crippen LogP contribution in [0.25, 0.3) is 22.0 Å². The average molecular weight is 295 g/mol. The summed E-state index contributed by atoms with van der Waals surface area (Å²) >= 11 is 0. The van der Waals surface area contributed by atoms with Gasteiger partial charge in [-0.25, -0.2) is 0 Å². The zero-order valence-corrected chi connectivity index (χ0v) is 12.5. The maximum atomic E-state index is 12.6. The third-order valence-corrected chi connectivity index (χ3v) is 3.71. The third kappa shape index (κ3) is 2.22. The van der Waals surface area contributed by atoms with E-state index in [0.29, 0.717) is 34.4 Å². The highest BCUT2D eigenvalue weighted by Crippen LogP contribution is 2.34. The molecule has 0 bridgehead atoms. The van der Waals surface area contributed by atoms with Crippen molar-refractivity contribution in [1.82, 2.24) is 4.57 Å². The molecule has 0 saturated heterocycles. The molecule has 4 heteroatoms. The van der Waals surface area contributed by atoms with Crippen LogP contribution in [0.1, 0.15) is 6.92 Å². The van der Waals surface area contributed by atoms with E-state index in [-0.39, 0.29) is 11.3 Å². The van der Waals surface area contributed by atoms with Gasteiger partial charge in [-0.15, -0.1) is 0 Å². The molecule has 0 spiro atoms. The number of aromatic nitrogens is 1. The second kappa shape index (κ2) is 5.56. The minimum atomic E-state index is -0.232. The number of benzene rings is 2. The van der Waals surface area contributed by atoms with E-state index in [1.54, 1.807) is 29.8 Å². The van der Waals surface area contributed by atoms with E-state index < -0.39 is 0 Å². The normalized spacial score (nSPS) is 10.8. The molecule has 2 aromatic carbocycles. The zero-order valence-electron chi connectivity index (χ0n) is 12.5. The summed E-state index contributed by atoms with van der Waals surface area (Å²) in [5, 5.41) is 11.2. The van der Waals surface area contributed by atoms with Gasteiger partial charge >= 0.3 is 0 Å². The summed E-state index contributed by atoms with van der Waals surface area (Å²) < 4.78 is 7.01. The summed E-state index contributed by atoms with van der Waals surface area (Å²) in [7, 11) is 1.70. The molecule has 112 valence electrons. The van der Waals surface area contributed by atoms with Gasteiger partial charge in [0.15, 0.2) is 0 Å². The maximum Gasteiger partial charge on any atom is 0.262 e. The molecule has 1 aromatic heterocycles. The lowest BCUT2D eigenvalue weighted by molar-refractivity contribution is 0.340. The van der Waals surface area contributed by atoms with Gasteiger partial charge in [-0.2, -0.15) is 0 Å². The molecule has 4 nitrogen and oxygen atoms in total. The average Bonchev–Trinajstić information content (AvgIpc) is 2.54. The standard InChI is InChI=1S/C18H17NO3/c1-3-22-13-9-10-14-15(11-13)19(2)18(21)16(17(14)20)12-7-5-4-6-8-12/h4-11,20H,3H2,1-2H3. The van der Waals surface area contributed by atoms with E-state index in [1.807, 2.05) is 37.3 Å². The second-order valence-corrected chi connectivity index (χ2v) is 5.07. The van der Waals surface area contributed by atoms with Gasteiger partial charge in [-0.3, -0.25) is 4.79 Å². The van der Waals surface area contributed by atoms with E-state index in [2.05, 4.69) is 0 Å². The molecule has 1 heterocycles. The fraction of sp³-hybridized carbons (Fsp3) is 0.167. The fourth-order valence-corrected chi connectivity index (χ4v) is 2.62. The first-order valence-corrected chi connectivity index (χ1v) is 7.17. The minimum Gasteiger partial charge on any atom is -0.506 e. The SMILES string of the molecule is CCOc1ccc2c(O)c(-c3ccccc3)c(=O)n(C)c2c1. The first-order valence-electron chi connectivity index (χ1n) is 7.17. The highest BCUT2D eigenvalue weighted by molar-refractivity contribution is 5.92. The number of hydrogen-bond acceptors (Lipinski definition) is 3. The first-order chi connectivity index (χ1) is 10.6. The summed E-state index contributed by atoms with van der Waals surface area (Å²) in [4.78, 5) is 12.6. The Kier molecular flexibility index (Phi) is 3.59. The molecule has 0 amide bonds. The van der Waals surface area contributed by atoms with Crippen LogP contribution in [0.15, 0.2) is 53.3 Å². The van der Waals surface area contributed by atoms with Crippen LogP contribution in [0.3, 0.4) is 0 Å². The predicted octanol–water partition coefficient (Wildman–Crippen LogP) is 3.31. The Morgan fingerprint density at radius 3 is 2.55 bits per heavy atom. The van der Waals surface area contributed by atoms with E-state index in [4.69, 9.17) is 4.74 Å². The summed E-state index contributed by atoms with van der Waals surface area (Å²) in [5.74, 6) is 0.684. The van der Waals surface area contributed by atoms with Gasteiger partial charge in [0.05, 0.1) is 17.7 Å². The predicted molar refractivity (Wildman–Crippen MR) is 87.5 cm³/mol. The maximum absolute atomic E-state index is 12.6. The monoisotopic (exact) mass is 295 g/mol. The molecule has 22 heavy (non-hydrogen) atoms. The van der Waals surface area contributed by atoms with Gasteiger partial charge in [0.1, 0.15) is 11.5 Å². The summed E-state index contributed by atoms with van der Waals surface area (Å²) in [6.07, 6.45) is 0. The van der Waals surface area contributed by atoms with E-state index in [9.17, 15) is 9.90 Å². The van der Waals surface area contributed by atoms with Crippen LogP contribution in [-0.4, -0.2) is 16.3 Å². The van der Waals surface area contributed by atoms with Gasteiger partial charge in [-0.05, 0) is 24.6 Å². The number of pyridine rings is 1. The molecular weight excluding hydrogens is 278 g/mol. The summed E-state index contributed by atoms with van der Waals surface area (Å²) in [6.45, 7) is 2.45. The smallest absolute Gasteiger partial charge is 0.262 e. The lowest BCUT2D eigenvalue weighted by Crippen LogP contribution is -2.19. The van der Waals surface area contributed by atoms with Crippen molar-refractivity contribution in [3.63, 3.8) is 0 Å².